The zero-order valence-corrected chi connectivity index (χ0v) is 36.2. The van der Waals surface area contributed by atoms with Gasteiger partial charge in [-0.2, -0.15) is 0 Å². The van der Waals surface area contributed by atoms with Gasteiger partial charge in [0.25, 0.3) is 0 Å². The van der Waals surface area contributed by atoms with E-state index in [1.54, 1.807) is 25.3 Å². The second-order valence-corrected chi connectivity index (χ2v) is 21.7. The van der Waals surface area contributed by atoms with E-state index in [4.69, 9.17) is 21.0 Å². The molecule has 0 aromatic heterocycles. The van der Waals surface area contributed by atoms with E-state index in [1.165, 1.54) is 24.3 Å². The predicted octanol–water partition coefficient (Wildman–Crippen LogP) is -2.15. The van der Waals surface area contributed by atoms with E-state index >= 15 is 0 Å². The molecule has 10 unspecified atom stereocenters. The van der Waals surface area contributed by atoms with Crippen LogP contribution in [0.15, 0.2) is 54.6 Å². The summed E-state index contributed by atoms with van der Waals surface area (Å²) in [6, 6.07) is 5.29. The van der Waals surface area contributed by atoms with Crippen LogP contribution in [0.5, 0.6) is 5.75 Å². The molecule has 10 atom stereocenters. The zero-order valence-electron chi connectivity index (χ0n) is 35.2. The SMILES string of the molecule is CC(c1ccccc1)C(N)C(=O)NC(Cc1ccc(O)cc1)C(=O)NC(C(=O)NC(C(=O)NC([C]=O)CO[Si](C)(C)C(C)(C)C)C(O)C1CNC(=N)N1)C(O)C1CNC(=N)N1. The maximum Gasteiger partial charge on any atom is 0.246 e. The molecule has 2 aliphatic heterocycles. The fraction of sp³-hybridized carbons (Fsp3) is 0.525. The number of carbonyl (C=O) groups is 4. The minimum Gasteiger partial charge on any atom is -0.508 e. The lowest BCUT2D eigenvalue weighted by Gasteiger charge is -2.37. The number of hydrogen-bond acceptors (Lipinski definition) is 12. The van der Waals surface area contributed by atoms with E-state index in [2.05, 4.69) is 42.5 Å². The molecule has 0 saturated carbocycles. The Labute approximate surface area is 356 Å². The minimum atomic E-state index is -2.41. The first-order valence-corrected chi connectivity index (χ1v) is 22.9. The normalized spacial score (nSPS) is 20.4. The number of rotatable bonds is 20. The van der Waals surface area contributed by atoms with Crippen LogP contribution in [0.1, 0.15) is 44.7 Å². The third-order valence-electron chi connectivity index (χ3n) is 11.4. The van der Waals surface area contributed by atoms with Crippen molar-refractivity contribution in [3.63, 3.8) is 0 Å². The Morgan fingerprint density at radius 3 is 1.82 bits per heavy atom. The number of guanidine groups is 2. The molecule has 333 valence electrons. The largest absolute Gasteiger partial charge is 0.508 e. The molecular weight excluding hydrogens is 807 g/mol. The van der Waals surface area contributed by atoms with Gasteiger partial charge in [-0.05, 0) is 41.4 Å². The molecule has 2 heterocycles. The van der Waals surface area contributed by atoms with Crippen LogP contribution >= 0.6 is 0 Å². The molecule has 21 heteroatoms. The van der Waals surface area contributed by atoms with Crippen LogP contribution in [-0.4, -0.2) is 140 Å². The number of benzene rings is 2. The van der Waals surface area contributed by atoms with E-state index in [9.17, 15) is 39.3 Å². The van der Waals surface area contributed by atoms with Gasteiger partial charge in [0.15, 0.2) is 20.2 Å². The number of aromatic hydroxyl groups is 1. The lowest BCUT2D eigenvalue weighted by molar-refractivity contribution is -0.138. The lowest BCUT2D eigenvalue weighted by Crippen LogP contribution is -2.67. The number of phenols is 1. The molecule has 0 aliphatic carbocycles. The highest BCUT2D eigenvalue weighted by Crippen LogP contribution is 2.36. The maximum absolute atomic E-state index is 14.4. The average molecular weight is 867 g/mol. The Kier molecular flexibility index (Phi) is 16.4. The van der Waals surface area contributed by atoms with Crippen LogP contribution in [0.3, 0.4) is 0 Å². The van der Waals surface area contributed by atoms with Crippen molar-refractivity contribution in [3.05, 3.63) is 65.7 Å². The van der Waals surface area contributed by atoms with Crippen LogP contribution in [0, 0.1) is 10.8 Å². The molecule has 2 aliphatic rings. The highest BCUT2D eigenvalue weighted by atomic mass is 28.4. The highest BCUT2D eigenvalue weighted by Gasteiger charge is 2.44. The summed E-state index contributed by atoms with van der Waals surface area (Å²) in [4.78, 5) is 68.4. The van der Waals surface area contributed by atoms with Crippen LogP contribution in [0.4, 0.5) is 0 Å². The predicted molar refractivity (Wildman–Crippen MR) is 229 cm³/mol. The summed E-state index contributed by atoms with van der Waals surface area (Å²) in [5.74, 6) is -4.68. The number of aliphatic hydroxyl groups is 2. The molecule has 2 aromatic rings. The van der Waals surface area contributed by atoms with Gasteiger partial charge >= 0.3 is 0 Å². The van der Waals surface area contributed by atoms with E-state index in [1.807, 2.05) is 52.1 Å². The average Bonchev–Trinajstić information content (AvgIpc) is 3.87. The van der Waals surface area contributed by atoms with Crippen LogP contribution in [0.25, 0.3) is 0 Å². The smallest absolute Gasteiger partial charge is 0.246 e. The van der Waals surface area contributed by atoms with Crippen LogP contribution < -0.4 is 48.3 Å². The summed E-state index contributed by atoms with van der Waals surface area (Å²) in [6.45, 7) is 11.3. The molecule has 15 N–H and O–H groups in total. The molecule has 2 fully saturated rings. The summed E-state index contributed by atoms with van der Waals surface area (Å²) >= 11 is 0. The van der Waals surface area contributed by atoms with E-state index < -0.39 is 92.4 Å². The highest BCUT2D eigenvalue weighted by molar-refractivity contribution is 6.74. The molecule has 2 aromatic carbocycles. The number of nitrogens with two attached hydrogens (primary N) is 1. The van der Waals surface area contributed by atoms with Crippen molar-refractivity contribution in [2.24, 2.45) is 5.73 Å². The van der Waals surface area contributed by atoms with E-state index in [0.29, 0.717) is 5.56 Å². The summed E-state index contributed by atoms with van der Waals surface area (Å²) in [7, 11) is -2.41. The number of aliphatic hydroxyl groups excluding tert-OH is 2. The standard InChI is InChI=1S/C40H60N11O9Si/c1-21(23-10-8-7-9-11-23)29(41)35(57)47-26(16-22-12-14-25(53)15-13-22)34(56)50-31(33(55)28-18-45-39(43)49-28)37(59)51-30(32(54)27-17-44-38(42)48-27)36(58)46-24(19-52)20-60-61(5,6)40(2,3)4/h7-15,21,24,26-33,53-55H,16-18,20,41H2,1-6H3,(H,46,58)(H,47,57)(H,50,56)(H,51,59)(H3,42,44,48)(H3,43,45,49). The van der Waals surface area contributed by atoms with Gasteiger partial charge < -0.3 is 68.0 Å². The van der Waals surface area contributed by atoms with Gasteiger partial charge in [-0.25, -0.2) is 0 Å². The minimum absolute atomic E-state index is 0.0242. The number of nitrogens with one attached hydrogen (secondary N) is 10. The third kappa shape index (κ3) is 12.9. The lowest BCUT2D eigenvalue weighted by atomic mass is 9.93. The molecule has 20 nitrogen and oxygen atoms in total. The number of carbonyl (C=O) groups excluding carboxylic acids is 5. The van der Waals surface area contributed by atoms with Gasteiger partial charge in [-0.1, -0.05) is 70.2 Å². The van der Waals surface area contributed by atoms with Crippen LogP contribution in [-0.2, 0) is 34.8 Å². The fourth-order valence-electron chi connectivity index (χ4n) is 6.40. The van der Waals surface area contributed by atoms with Crippen molar-refractivity contribution in [2.75, 3.05) is 19.7 Å². The molecule has 61 heavy (non-hydrogen) atoms. The summed E-state index contributed by atoms with van der Waals surface area (Å²) < 4.78 is 6.11. The Hall–Kier alpha value is -5.61. The van der Waals surface area contributed by atoms with Crippen molar-refractivity contribution in [3.8, 4) is 5.75 Å². The topological polar surface area (TPSA) is 325 Å². The van der Waals surface area contributed by atoms with Crippen molar-refractivity contribution in [1.29, 1.82) is 10.8 Å². The first-order chi connectivity index (χ1) is 28.6. The van der Waals surface area contributed by atoms with Gasteiger partial charge in [0, 0.05) is 25.4 Å². The third-order valence-corrected chi connectivity index (χ3v) is 15.9. The molecule has 4 amide bonds. The quantitative estimate of drug-likeness (QED) is 0.0632. The molecular formula is C40H60N11O9Si. The number of amides is 4. The molecule has 2 saturated heterocycles. The van der Waals surface area contributed by atoms with Crippen molar-refractivity contribution < 1.29 is 43.7 Å². The van der Waals surface area contributed by atoms with Crippen molar-refractivity contribution in [2.45, 2.75) is 113 Å². The van der Waals surface area contributed by atoms with Crippen LogP contribution in [0.2, 0.25) is 18.1 Å². The van der Waals surface area contributed by atoms with Crippen molar-refractivity contribution >= 4 is 50.2 Å². The van der Waals surface area contributed by atoms with Gasteiger partial charge in [0.2, 0.25) is 29.9 Å². The Morgan fingerprint density at radius 2 is 1.34 bits per heavy atom. The van der Waals surface area contributed by atoms with Gasteiger partial charge in [-0.15, -0.1) is 0 Å². The van der Waals surface area contributed by atoms with Crippen molar-refractivity contribution in [1.82, 2.24) is 42.5 Å². The molecule has 0 bridgehead atoms. The zero-order chi connectivity index (χ0) is 45.2. The number of hydrogen-bond donors (Lipinski definition) is 14. The van der Waals surface area contributed by atoms with E-state index in [-0.39, 0.29) is 48.8 Å². The molecule has 4 rings (SSSR count). The maximum atomic E-state index is 14.4. The second kappa shape index (κ2) is 20.8. The van der Waals surface area contributed by atoms with Gasteiger partial charge in [0.05, 0.1) is 24.7 Å². The monoisotopic (exact) mass is 866 g/mol. The Balaban J connectivity index is 1.64. The number of phenolic OH excluding ortho intramolecular Hbond substituents is 1. The second-order valence-electron chi connectivity index (χ2n) is 16.9. The summed E-state index contributed by atoms with van der Waals surface area (Å²) in [5, 5.41) is 69.5. The molecule has 0 spiro atoms. The first kappa shape index (κ1) is 48.1. The Morgan fingerprint density at radius 1 is 0.836 bits per heavy atom. The van der Waals surface area contributed by atoms with Gasteiger partial charge in [-0.3, -0.25) is 34.8 Å². The van der Waals surface area contributed by atoms with E-state index in [0.717, 1.165) is 5.56 Å². The summed E-state index contributed by atoms with van der Waals surface area (Å²) in [6.07, 6.45) is -1.94. The first-order valence-electron chi connectivity index (χ1n) is 20.0. The fourth-order valence-corrected chi connectivity index (χ4v) is 7.41. The molecule has 1 radical (unpaired) electrons. The summed E-state index contributed by atoms with van der Waals surface area (Å²) in [5.41, 5.74) is 7.67. The van der Waals surface area contributed by atoms with Gasteiger partial charge in [0.1, 0.15) is 42.1 Å². The Bertz CT molecular complexity index is 1880.